The molecule has 94 valence electrons. The van der Waals surface area contributed by atoms with Gasteiger partial charge in [-0.1, -0.05) is 23.7 Å². The molecule has 0 aliphatic heterocycles. The summed E-state index contributed by atoms with van der Waals surface area (Å²) in [4.78, 5) is 22.7. The molecule has 0 saturated carbocycles. The lowest BCUT2D eigenvalue weighted by molar-refractivity contribution is 0.627. The molecule has 1 aromatic heterocycles. The van der Waals surface area contributed by atoms with Crippen molar-refractivity contribution in [2.75, 3.05) is 0 Å². The van der Waals surface area contributed by atoms with Gasteiger partial charge in [-0.25, -0.2) is 4.68 Å². The van der Waals surface area contributed by atoms with Crippen LogP contribution in [0.25, 0.3) is 0 Å². The monoisotopic (exact) mass is 265 g/mol. The van der Waals surface area contributed by atoms with Crippen LogP contribution in [-0.2, 0) is 13.1 Å². The lowest BCUT2D eigenvalue weighted by atomic mass is 10.1. The van der Waals surface area contributed by atoms with E-state index in [0.717, 1.165) is 11.1 Å². The van der Waals surface area contributed by atoms with Crippen molar-refractivity contribution in [1.29, 1.82) is 0 Å². The summed E-state index contributed by atoms with van der Waals surface area (Å²) in [5, 5.41) is 2.97. The van der Waals surface area contributed by atoms with Gasteiger partial charge in [-0.15, -0.1) is 0 Å². The summed E-state index contributed by atoms with van der Waals surface area (Å²) < 4.78 is 1.21. The van der Waals surface area contributed by atoms with E-state index >= 15 is 0 Å². The second-order valence-electron chi connectivity index (χ2n) is 3.86. The van der Waals surface area contributed by atoms with Crippen LogP contribution in [0.5, 0.6) is 0 Å². The Hall–Kier alpha value is -1.85. The van der Waals surface area contributed by atoms with Gasteiger partial charge in [0, 0.05) is 23.7 Å². The van der Waals surface area contributed by atoms with E-state index in [2.05, 4.69) is 5.10 Å². The Bertz CT molecular complexity index is 676. The number of aromatic nitrogens is 2. The number of benzene rings is 1. The van der Waals surface area contributed by atoms with Crippen LogP contribution in [0.1, 0.15) is 11.1 Å². The van der Waals surface area contributed by atoms with Crippen molar-refractivity contribution >= 4 is 11.6 Å². The van der Waals surface area contributed by atoms with Crippen LogP contribution in [-0.4, -0.2) is 9.78 Å². The van der Waals surface area contributed by atoms with Gasteiger partial charge in [0.15, 0.2) is 0 Å². The molecular formula is C12H12ClN3O2. The summed E-state index contributed by atoms with van der Waals surface area (Å²) in [5.74, 6) is 0. The number of halogens is 1. The van der Waals surface area contributed by atoms with Gasteiger partial charge in [0.05, 0.1) is 6.54 Å². The molecule has 0 radical (unpaired) electrons. The minimum atomic E-state index is -0.329. The Kier molecular flexibility index (Phi) is 3.64. The summed E-state index contributed by atoms with van der Waals surface area (Å²) >= 11 is 6.09. The predicted molar refractivity (Wildman–Crippen MR) is 69.8 cm³/mol. The van der Waals surface area contributed by atoms with E-state index in [9.17, 15) is 9.59 Å². The Balaban J connectivity index is 2.37. The first kappa shape index (κ1) is 12.6. The molecule has 6 heteroatoms. The molecule has 2 aromatic rings. The SMILES string of the molecule is NCc1ccc(Cn2[nH]c(=O)ccc2=O)c(Cl)c1. The molecule has 3 N–H and O–H groups in total. The normalized spacial score (nSPS) is 10.6. The number of nitrogens with one attached hydrogen (secondary N) is 1. The van der Waals surface area contributed by atoms with Crippen LogP contribution in [0.2, 0.25) is 5.02 Å². The van der Waals surface area contributed by atoms with Crippen molar-refractivity contribution in [2.45, 2.75) is 13.1 Å². The minimum absolute atomic E-state index is 0.221. The Labute approximate surface area is 108 Å². The van der Waals surface area contributed by atoms with E-state index in [1.54, 1.807) is 12.1 Å². The molecule has 0 atom stereocenters. The number of rotatable bonds is 3. The molecule has 0 aliphatic rings. The zero-order chi connectivity index (χ0) is 13.1. The molecule has 0 bridgehead atoms. The van der Waals surface area contributed by atoms with Crippen LogP contribution < -0.4 is 16.9 Å². The molecular weight excluding hydrogens is 254 g/mol. The summed E-state index contributed by atoms with van der Waals surface area (Å²) in [7, 11) is 0. The summed E-state index contributed by atoms with van der Waals surface area (Å²) in [5.41, 5.74) is 6.55. The first-order valence-electron chi connectivity index (χ1n) is 5.37. The Morgan fingerprint density at radius 3 is 2.67 bits per heavy atom. The zero-order valence-electron chi connectivity index (χ0n) is 9.52. The quantitative estimate of drug-likeness (QED) is 0.857. The number of aromatic amines is 1. The van der Waals surface area contributed by atoms with Gasteiger partial charge in [-0.3, -0.25) is 14.7 Å². The molecule has 0 fully saturated rings. The molecule has 0 amide bonds. The van der Waals surface area contributed by atoms with Gasteiger partial charge in [0.25, 0.3) is 11.1 Å². The number of hydrogen-bond acceptors (Lipinski definition) is 3. The van der Waals surface area contributed by atoms with E-state index in [1.165, 1.54) is 16.8 Å². The number of H-pyrrole nitrogens is 1. The van der Waals surface area contributed by atoms with Crippen molar-refractivity contribution < 1.29 is 0 Å². The molecule has 2 rings (SSSR count). The highest BCUT2D eigenvalue weighted by Gasteiger charge is 2.04. The zero-order valence-corrected chi connectivity index (χ0v) is 10.3. The minimum Gasteiger partial charge on any atom is -0.326 e. The second kappa shape index (κ2) is 5.20. The van der Waals surface area contributed by atoms with E-state index in [1.807, 2.05) is 6.07 Å². The second-order valence-corrected chi connectivity index (χ2v) is 4.27. The van der Waals surface area contributed by atoms with E-state index in [0.29, 0.717) is 11.6 Å². The molecule has 0 saturated heterocycles. The van der Waals surface area contributed by atoms with Gasteiger partial charge in [-0.2, -0.15) is 0 Å². The summed E-state index contributed by atoms with van der Waals surface area (Å²) in [6, 6.07) is 7.80. The molecule has 0 aliphatic carbocycles. The highest BCUT2D eigenvalue weighted by molar-refractivity contribution is 6.31. The van der Waals surface area contributed by atoms with E-state index in [4.69, 9.17) is 17.3 Å². The number of nitrogens with two attached hydrogens (primary N) is 1. The Morgan fingerprint density at radius 1 is 1.22 bits per heavy atom. The maximum absolute atomic E-state index is 11.5. The molecule has 5 nitrogen and oxygen atoms in total. The third-order valence-corrected chi connectivity index (χ3v) is 2.92. The van der Waals surface area contributed by atoms with Crippen LogP contribution in [0.15, 0.2) is 39.9 Å². The maximum atomic E-state index is 11.5. The molecule has 0 spiro atoms. The molecule has 1 aromatic carbocycles. The lowest BCUT2D eigenvalue weighted by Crippen LogP contribution is -2.28. The first-order chi connectivity index (χ1) is 8.60. The van der Waals surface area contributed by atoms with E-state index < -0.39 is 0 Å². The fourth-order valence-electron chi connectivity index (χ4n) is 1.60. The molecule has 18 heavy (non-hydrogen) atoms. The van der Waals surface area contributed by atoms with Crippen molar-refractivity contribution in [3.8, 4) is 0 Å². The van der Waals surface area contributed by atoms with Gasteiger partial charge in [0.2, 0.25) is 0 Å². The van der Waals surface area contributed by atoms with Crippen LogP contribution in [0.3, 0.4) is 0 Å². The average Bonchev–Trinajstić information content (AvgIpc) is 2.36. The highest BCUT2D eigenvalue weighted by atomic mass is 35.5. The predicted octanol–water partition coefficient (Wildman–Crippen LogP) is 0.697. The van der Waals surface area contributed by atoms with Crippen LogP contribution >= 0.6 is 11.6 Å². The largest absolute Gasteiger partial charge is 0.326 e. The third-order valence-electron chi connectivity index (χ3n) is 2.57. The first-order valence-corrected chi connectivity index (χ1v) is 5.75. The fourth-order valence-corrected chi connectivity index (χ4v) is 1.86. The lowest BCUT2D eigenvalue weighted by Gasteiger charge is -2.08. The number of hydrogen-bond donors (Lipinski definition) is 2. The summed E-state index contributed by atoms with van der Waals surface area (Å²) in [6.07, 6.45) is 0. The summed E-state index contributed by atoms with van der Waals surface area (Å²) in [6.45, 7) is 0.626. The van der Waals surface area contributed by atoms with Crippen molar-refractivity contribution in [3.05, 3.63) is 67.2 Å². The maximum Gasteiger partial charge on any atom is 0.265 e. The standard InChI is InChI=1S/C12H12ClN3O2/c13-10-5-8(6-14)1-2-9(10)7-16-12(18)4-3-11(17)15-16/h1-5H,6-7,14H2,(H,15,17). The average molecular weight is 266 g/mol. The van der Waals surface area contributed by atoms with Crippen molar-refractivity contribution in [2.24, 2.45) is 5.73 Å². The van der Waals surface area contributed by atoms with Gasteiger partial charge in [0.1, 0.15) is 0 Å². The fraction of sp³-hybridized carbons (Fsp3) is 0.167. The van der Waals surface area contributed by atoms with Gasteiger partial charge >= 0.3 is 0 Å². The Morgan fingerprint density at radius 2 is 2.00 bits per heavy atom. The third kappa shape index (κ3) is 2.69. The topological polar surface area (TPSA) is 80.9 Å². The molecule has 1 heterocycles. The van der Waals surface area contributed by atoms with Crippen LogP contribution in [0, 0.1) is 0 Å². The molecule has 0 unspecified atom stereocenters. The smallest absolute Gasteiger partial charge is 0.265 e. The number of nitrogens with zero attached hydrogens (tertiary/aromatic N) is 1. The highest BCUT2D eigenvalue weighted by Crippen LogP contribution is 2.18. The van der Waals surface area contributed by atoms with Gasteiger partial charge in [-0.05, 0) is 17.2 Å². The van der Waals surface area contributed by atoms with Crippen molar-refractivity contribution in [1.82, 2.24) is 9.78 Å². The van der Waals surface area contributed by atoms with Crippen LogP contribution in [0.4, 0.5) is 0 Å². The van der Waals surface area contributed by atoms with Crippen molar-refractivity contribution in [3.63, 3.8) is 0 Å². The van der Waals surface area contributed by atoms with Gasteiger partial charge < -0.3 is 5.73 Å². The van der Waals surface area contributed by atoms with E-state index in [-0.39, 0.29) is 17.7 Å².